The van der Waals surface area contributed by atoms with Crippen molar-refractivity contribution in [2.24, 2.45) is 11.8 Å². The van der Waals surface area contributed by atoms with E-state index in [2.05, 4.69) is 0 Å². The van der Waals surface area contributed by atoms with Gasteiger partial charge in [0.15, 0.2) is 0 Å². The molecule has 0 spiro atoms. The number of hydrogen-bond donors (Lipinski definition) is 0. The van der Waals surface area contributed by atoms with E-state index < -0.39 is 0 Å². The number of hydrogen-bond acceptors (Lipinski definition) is 4. The summed E-state index contributed by atoms with van der Waals surface area (Å²) in [7, 11) is 0. The van der Waals surface area contributed by atoms with E-state index >= 15 is 0 Å². The van der Waals surface area contributed by atoms with Gasteiger partial charge in [0.2, 0.25) is 0 Å². The Morgan fingerprint density at radius 2 is 1.24 bits per heavy atom. The molecule has 2 unspecified atom stereocenters. The van der Waals surface area contributed by atoms with Gasteiger partial charge in [-0.15, -0.1) is 0 Å². The molecule has 0 saturated heterocycles. The molecule has 100 valence electrons. The zero-order valence-electron chi connectivity index (χ0n) is 11.3. The summed E-state index contributed by atoms with van der Waals surface area (Å²) in [4.78, 5) is 22.6. The number of carbonyl (C=O) groups is 2. The summed E-state index contributed by atoms with van der Waals surface area (Å²) in [6.45, 7) is 8.20. The highest BCUT2D eigenvalue weighted by Gasteiger charge is 2.13. The summed E-state index contributed by atoms with van der Waals surface area (Å²) in [5.74, 6) is -0.475. The van der Waals surface area contributed by atoms with Crippen molar-refractivity contribution >= 4 is 11.9 Å². The van der Waals surface area contributed by atoms with Crippen molar-refractivity contribution in [1.82, 2.24) is 0 Å². The third-order valence-electron chi connectivity index (χ3n) is 2.81. The third kappa shape index (κ3) is 6.97. The Hall–Kier alpha value is -1.06. The minimum absolute atomic E-state index is 0.0577. The summed E-state index contributed by atoms with van der Waals surface area (Å²) in [6, 6.07) is 0. The third-order valence-corrected chi connectivity index (χ3v) is 2.81. The molecule has 0 aromatic carbocycles. The molecule has 2 atom stereocenters. The maximum Gasteiger partial charge on any atom is 0.308 e. The normalized spacial score (nSPS) is 13.9. The lowest BCUT2D eigenvalue weighted by Crippen LogP contribution is -2.18. The standard InChI is InChI=1S/C13H24O4/c1-5-10(3)12(14)16-8-7-9-17-13(15)11(4)6-2/h10-11H,5-9H2,1-4H3. The SMILES string of the molecule is CCC(C)C(=O)OCCCOC(=O)C(C)CC. The van der Waals surface area contributed by atoms with Gasteiger partial charge in [0.1, 0.15) is 0 Å². The van der Waals surface area contributed by atoms with E-state index in [0.717, 1.165) is 12.8 Å². The highest BCUT2D eigenvalue weighted by atomic mass is 16.5. The van der Waals surface area contributed by atoms with Crippen LogP contribution in [0.5, 0.6) is 0 Å². The first-order valence-electron chi connectivity index (χ1n) is 6.36. The van der Waals surface area contributed by atoms with Gasteiger partial charge in [-0.05, 0) is 12.8 Å². The van der Waals surface area contributed by atoms with Crippen LogP contribution >= 0.6 is 0 Å². The molecule has 0 rings (SSSR count). The largest absolute Gasteiger partial charge is 0.465 e. The van der Waals surface area contributed by atoms with E-state index in [-0.39, 0.29) is 23.8 Å². The molecule has 4 heteroatoms. The predicted octanol–water partition coefficient (Wildman–Crippen LogP) is 2.56. The first kappa shape index (κ1) is 15.9. The molecule has 17 heavy (non-hydrogen) atoms. The van der Waals surface area contributed by atoms with Crippen LogP contribution in [0.1, 0.15) is 47.0 Å². The molecule has 0 saturated carbocycles. The second-order valence-corrected chi connectivity index (χ2v) is 4.31. The van der Waals surface area contributed by atoms with Crippen LogP contribution in [0, 0.1) is 11.8 Å². The van der Waals surface area contributed by atoms with Crippen molar-refractivity contribution in [2.75, 3.05) is 13.2 Å². The summed E-state index contributed by atoms with van der Waals surface area (Å²) >= 11 is 0. The van der Waals surface area contributed by atoms with E-state index in [9.17, 15) is 9.59 Å². The van der Waals surface area contributed by atoms with E-state index in [0.29, 0.717) is 19.6 Å². The van der Waals surface area contributed by atoms with Gasteiger partial charge in [0.05, 0.1) is 25.0 Å². The lowest BCUT2D eigenvalue weighted by molar-refractivity contribution is -0.150. The first-order valence-corrected chi connectivity index (χ1v) is 6.36. The highest BCUT2D eigenvalue weighted by molar-refractivity contribution is 5.72. The second-order valence-electron chi connectivity index (χ2n) is 4.31. The smallest absolute Gasteiger partial charge is 0.308 e. The molecule has 0 aliphatic carbocycles. The van der Waals surface area contributed by atoms with Gasteiger partial charge in [-0.2, -0.15) is 0 Å². The van der Waals surface area contributed by atoms with E-state index in [1.54, 1.807) is 0 Å². The fraction of sp³-hybridized carbons (Fsp3) is 0.846. The highest BCUT2D eigenvalue weighted by Crippen LogP contribution is 2.05. The fourth-order valence-corrected chi connectivity index (χ4v) is 1.02. The van der Waals surface area contributed by atoms with Crippen molar-refractivity contribution in [2.45, 2.75) is 47.0 Å². The average Bonchev–Trinajstić information content (AvgIpc) is 2.35. The molecule has 0 bridgehead atoms. The molecule has 0 amide bonds. The number of esters is 2. The summed E-state index contributed by atoms with van der Waals surface area (Å²) in [5, 5.41) is 0. The van der Waals surface area contributed by atoms with Crippen molar-refractivity contribution in [3.63, 3.8) is 0 Å². The lowest BCUT2D eigenvalue weighted by atomic mass is 10.1. The Balaban J connectivity index is 3.53. The summed E-state index contributed by atoms with van der Waals surface area (Å²) in [6.07, 6.45) is 2.12. The lowest BCUT2D eigenvalue weighted by Gasteiger charge is -2.11. The zero-order valence-corrected chi connectivity index (χ0v) is 11.3. The van der Waals surface area contributed by atoms with E-state index in [1.807, 2.05) is 27.7 Å². The number of carbonyl (C=O) groups excluding carboxylic acids is 2. The maximum atomic E-state index is 11.3. The molecule has 0 N–H and O–H groups in total. The van der Waals surface area contributed by atoms with Crippen LogP contribution in [-0.2, 0) is 19.1 Å². The van der Waals surface area contributed by atoms with Gasteiger partial charge in [-0.3, -0.25) is 9.59 Å². The summed E-state index contributed by atoms with van der Waals surface area (Å²) < 4.78 is 10.1. The van der Waals surface area contributed by atoms with Gasteiger partial charge >= 0.3 is 11.9 Å². The molecular weight excluding hydrogens is 220 g/mol. The Morgan fingerprint density at radius 1 is 0.882 bits per heavy atom. The minimum Gasteiger partial charge on any atom is -0.465 e. The first-order chi connectivity index (χ1) is 8.02. The molecule has 0 heterocycles. The molecule has 0 aromatic heterocycles. The Bertz CT molecular complexity index is 214. The van der Waals surface area contributed by atoms with Crippen LogP contribution in [0.3, 0.4) is 0 Å². The Labute approximate surface area is 104 Å². The van der Waals surface area contributed by atoms with Crippen LogP contribution in [0.2, 0.25) is 0 Å². The van der Waals surface area contributed by atoms with Crippen LogP contribution in [0.25, 0.3) is 0 Å². The second kappa shape index (κ2) is 9.02. The predicted molar refractivity (Wildman–Crippen MR) is 65.4 cm³/mol. The Kier molecular flexibility index (Phi) is 8.46. The average molecular weight is 244 g/mol. The molecule has 0 fully saturated rings. The number of rotatable bonds is 8. The van der Waals surface area contributed by atoms with Crippen LogP contribution in [-0.4, -0.2) is 25.2 Å². The van der Waals surface area contributed by atoms with Gasteiger partial charge < -0.3 is 9.47 Å². The van der Waals surface area contributed by atoms with Crippen molar-refractivity contribution in [3.05, 3.63) is 0 Å². The molecule has 0 radical (unpaired) electrons. The summed E-state index contributed by atoms with van der Waals surface area (Å²) in [5.41, 5.74) is 0. The van der Waals surface area contributed by atoms with Gasteiger partial charge in [-0.1, -0.05) is 27.7 Å². The van der Waals surface area contributed by atoms with Gasteiger partial charge in [-0.25, -0.2) is 0 Å². The van der Waals surface area contributed by atoms with Gasteiger partial charge in [0, 0.05) is 6.42 Å². The number of ether oxygens (including phenoxy) is 2. The zero-order chi connectivity index (χ0) is 13.3. The molecule has 0 aliphatic rings. The topological polar surface area (TPSA) is 52.6 Å². The van der Waals surface area contributed by atoms with Gasteiger partial charge in [0.25, 0.3) is 0 Å². The van der Waals surface area contributed by atoms with E-state index in [4.69, 9.17) is 9.47 Å². The monoisotopic (exact) mass is 244 g/mol. The van der Waals surface area contributed by atoms with Crippen molar-refractivity contribution in [1.29, 1.82) is 0 Å². The maximum absolute atomic E-state index is 11.3. The molecule has 0 aliphatic heterocycles. The molecule has 0 aromatic rings. The van der Waals surface area contributed by atoms with Crippen LogP contribution in [0.4, 0.5) is 0 Å². The fourth-order valence-electron chi connectivity index (χ4n) is 1.02. The van der Waals surface area contributed by atoms with Crippen molar-refractivity contribution < 1.29 is 19.1 Å². The van der Waals surface area contributed by atoms with Crippen LogP contribution < -0.4 is 0 Å². The molecule has 4 nitrogen and oxygen atoms in total. The quantitative estimate of drug-likeness (QED) is 0.486. The minimum atomic E-state index is -0.180. The van der Waals surface area contributed by atoms with Crippen molar-refractivity contribution in [3.8, 4) is 0 Å². The molecular formula is C13H24O4. The Morgan fingerprint density at radius 3 is 1.53 bits per heavy atom. The van der Waals surface area contributed by atoms with Crippen LogP contribution in [0.15, 0.2) is 0 Å². The van der Waals surface area contributed by atoms with E-state index in [1.165, 1.54) is 0 Å².